The number of hydrogen-bond donors (Lipinski definition) is 0. The fraction of sp³-hybridized carbons (Fsp3) is 0.647. The molecule has 1 atom stereocenters. The van der Waals surface area contributed by atoms with E-state index in [2.05, 4.69) is 42.2 Å². The minimum absolute atomic E-state index is 0.106. The summed E-state index contributed by atoms with van der Waals surface area (Å²) in [6.07, 6.45) is 2.74. The smallest absolute Gasteiger partial charge is 0.152 e. The van der Waals surface area contributed by atoms with Gasteiger partial charge in [0.25, 0.3) is 0 Å². The van der Waals surface area contributed by atoms with E-state index in [1.165, 1.54) is 5.56 Å². The molecule has 1 saturated heterocycles. The van der Waals surface area contributed by atoms with Gasteiger partial charge in [-0.1, -0.05) is 44.2 Å². The fourth-order valence-electron chi connectivity index (χ4n) is 3.05. The average Bonchev–Trinajstić information content (AvgIpc) is 2.54. The van der Waals surface area contributed by atoms with E-state index in [9.17, 15) is 8.42 Å². The third kappa shape index (κ3) is 4.55. The van der Waals surface area contributed by atoms with E-state index in [0.717, 1.165) is 38.9 Å². The van der Waals surface area contributed by atoms with Crippen LogP contribution < -0.4 is 0 Å². The zero-order valence-electron chi connectivity index (χ0n) is 13.2. The van der Waals surface area contributed by atoms with Crippen molar-refractivity contribution in [2.75, 3.05) is 25.4 Å². The van der Waals surface area contributed by atoms with Gasteiger partial charge in [0, 0.05) is 5.75 Å². The van der Waals surface area contributed by atoms with E-state index in [0.29, 0.717) is 5.92 Å². The first-order valence-electron chi connectivity index (χ1n) is 8.01. The highest BCUT2D eigenvalue weighted by atomic mass is 32.2. The number of sulfone groups is 1. The number of rotatable bonds is 6. The first-order chi connectivity index (χ1) is 10.0. The second-order valence-corrected chi connectivity index (χ2v) is 8.66. The van der Waals surface area contributed by atoms with Gasteiger partial charge < -0.3 is 4.90 Å². The Balaban J connectivity index is 1.77. The van der Waals surface area contributed by atoms with Crippen molar-refractivity contribution in [1.29, 1.82) is 0 Å². The maximum absolute atomic E-state index is 11.9. The first-order valence-corrected chi connectivity index (χ1v) is 9.73. The molecule has 0 spiro atoms. The molecule has 1 fully saturated rings. The van der Waals surface area contributed by atoms with Crippen LogP contribution in [0, 0.1) is 0 Å². The van der Waals surface area contributed by atoms with Crippen LogP contribution in [0.15, 0.2) is 30.3 Å². The fourth-order valence-corrected chi connectivity index (χ4v) is 4.45. The van der Waals surface area contributed by atoms with Gasteiger partial charge in [-0.25, -0.2) is 8.42 Å². The van der Waals surface area contributed by atoms with Crippen LogP contribution in [0.2, 0.25) is 0 Å². The van der Waals surface area contributed by atoms with Gasteiger partial charge in [-0.3, -0.25) is 0 Å². The van der Waals surface area contributed by atoms with E-state index in [1.54, 1.807) is 6.92 Å². The Labute approximate surface area is 129 Å². The van der Waals surface area contributed by atoms with Crippen LogP contribution in [0.25, 0.3) is 0 Å². The Bertz CT molecular complexity index is 519. The van der Waals surface area contributed by atoms with Crippen molar-refractivity contribution in [1.82, 2.24) is 4.90 Å². The summed E-state index contributed by atoms with van der Waals surface area (Å²) >= 11 is 0. The van der Waals surface area contributed by atoms with Gasteiger partial charge in [0.05, 0.1) is 5.25 Å². The molecule has 1 aromatic rings. The molecule has 1 aliphatic heterocycles. The lowest BCUT2D eigenvalue weighted by Crippen LogP contribution is -2.40. The van der Waals surface area contributed by atoms with Crippen LogP contribution in [0.5, 0.6) is 0 Å². The lowest BCUT2D eigenvalue weighted by atomic mass is 9.97. The standard InChI is InChI=1S/C17H27NO2S/c1-3-21(19,20)17-10-13-18(14-11-17)12-9-15(2)16-7-5-4-6-8-16/h4-8,15,17H,3,9-14H2,1-2H3/t15-/m1/s1. The van der Waals surface area contributed by atoms with Gasteiger partial charge in [0.1, 0.15) is 0 Å². The molecule has 0 aromatic heterocycles. The van der Waals surface area contributed by atoms with Gasteiger partial charge in [0.2, 0.25) is 0 Å². The lowest BCUT2D eigenvalue weighted by molar-refractivity contribution is 0.223. The molecule has 118 valence electrons. The summed E-state index contributed by atoms with van der Waals surface area (Å²) < 4.78 is 23.8. The Morgan fingerprint density at radius 2 is 1.81 bits per heavy atom. The Hall–Kier alpha value is -0.870. The molecule has 0 radical (unpaired) electrons. The van der Waals surface area contributed by atoms with E-state index in [1.807, 2.05) is 0 Å². The van der Waals surface area contributed by atoms with E-state index in [4.69, 9.17) is 0 Å². The molecule has 2 rings (SSSR count). The largest absolute Gasteiger partial charge is 0.303 e. The molecule has 1 aromatic carbocycles. The molecule has 0 unspecified atom stereocenters. The van der Waals surface area contributed by atoms with Crippen LogP contribution in [-0.4, -0.2) is 44.0 Å². The summed E-state index contributed by atoms with van der Waals surface area (Å²) in [5.41, 5.74) is 1.39. The zero-order valence-corrected chi connectivity index (χ0v) is 14.0. The predicted octanol–water partition coefficient (Wildman–Crippen LogP) is 3.08. The maximum Gasteiger partial charge on any atom is 0.152 e. The van der Waals surface area contributed by atoms with Crippen LogP contribution in [0.3, 0.4) is 0 Å². The highest BCUT2D eigenvalue weighted by Gasteiger charge is 2.28. The molecule has 1 aliphatic rings. The third-order valence-corrected chi connectivity index (χ3v) is 6.98. The molecule has 0 N–H and O–H groups in total. The number of benzene rings is 1. The highest BCUT2D eigenvalue weighted by molar-refractivity contribution is 7.92. The molecule has 0 bridgehead atoms. The Morgan fingerprint density at radius 1 is 1.19 bits per heavy atom. The average molecular weight is 309 g/mol. The van der Waals surface area contributed by atoms with Gasteiger partial charge in [-0.2, -0.15) is 0 Å². The Morgan fingerprint density at radius 3 is 2.38 bits per heavy atom. The monoisotopic (exact) mass is 309 g/mol. The highest BCUT2D eigenvalue weighted by Crippen LogP contribution is 2.22. The molecular formula is C17H27NO2S. The van der Waals surface area contributed by atoms with Crippen molar-refractivity contribution in [3.8, 4) is 0 Å². The summed E-state index contributed by atoms with van der Waals surface area (Å²) in [5, 5.41) is -0.106. The number of hydrogen-bond acceptors (Lipinski definition) is 3. The molecular weight excluding hydrogens is 282 g/mol. The SMILES string of the molecule is CCS(=O)(=O)C1CCN(CC[C@@H](C)c2ccccc2)CC1. The summed E-state index contributed by atoms with van der Waals surface area (Å²) in [6.45, 7) is 6.93. The molecule has 0 aliphatic carbocycles. The predicted molar refractivity (Wildman–Crippen MR) is 88.4 cm³/mol. The second kappa shape index (κ2) is 7.41. The summed E-state index contributed by atoms with van der Waals surface area (Å²) in [7, 11) is -2.85. The van der Waals surface area contributed by atoms with Crippen molar-refractivity contribution in [3.63, 3.8) is 0 Å². The van der Waals surface area contributed by atoms with Gasteiger partial charge in [-0.05, 0) is 50.4 Å². The first kappa shape index (κ1) is 16.5. The van der Waals surface area contributed by atoms with E-state index >= 15 is 0 Å². The minimum atomic E-state index is -2.85. The van der Waals surface area contributed by atoms with Gasteiger partial charge in [0.15, 0.2) is 9.84 Å². The summed E-state index contributed by atoms with van der Waals surface area (Å²) in [6, 6.07) is 10.6. The summed E-state index contributed by atoms with van der Waals surface area (Å²) in [4.78, 5) is 2.42. The van der Waals surface area contributed by atoms with Crippen molar-refractivity contribution >= 4 is 9.84 Å². The van der Waals surface area contributed by atoms with Crippen molar-refractivity contribution in [2.24, 2.45) is 0 Å². The molecule has 21 heavy (non-hydrogen) atoms. The Kier molecular flexibility index (Phi) is 5.82. The van der Waals surface area contributed by atoms with Crippen LogP contribution in [-0.2, 0) is 9.84 Å². The molecule has 3 nitrogen and oxygen atoms in total. The number of piperidine rings is 1. The quantitative estimate of drug-likeness (QED) is 0.810. The maximum atomic E-state index is 11.9. The third-order valence-electron chi connectivity index (χ3n) is 4.69. The van der Waals surface area contributed by atoms with Crippen molar-refractivity contribution in [2.45, 2.75) is 44.3 Å². The van der Waals surface area contributed by atoms with Crippen LogP contribution in [0.4, 0.5) is 0 Å². The number of likely N-dealkylation sites (tertiary alicyclic amines) is 1. The van der Waals surface area contributed by atoms with Crippen molar-refractivity contribution in [3.05, 3.63) is 35.9 Å². The van der Waals surface area contributed by atoms with Gasteiger partial charge in [-0.15, -0.1) is 0 Å². The topological polar surface area (TPSA) is 37.4 Å². The van der Waals surface area contributed by atoms with Crippen LogP contribution in [0.1, 0.15) is 44.6 Å². The lowest BCUT2D eigenvalue weighted by Gasteiger charge is -2.32. The normalized spacial score (nSPS) is 19.5. The van der Waals surface area contributed by atoms with E-state index < -0.39 is 9.84 Å². The van der Waals surface area contributed by atoms with Crippen molar-refractivity contribution < 1.29 is 8.42 Å². The zero-order chi connectivity index (χ0) is 15.3. The molecule has 4 heteroatoms. The molecule has 1 heterocycles. The second-order valence-electron chi connectivity index (χ2n) is 6.09. The number of nitrogens with zero attached hydrogens (tertiary/aromatic N) is 1. The molecule has 0 saturated carbocycles. The summed E-state index contributed by atoms with van der Waals surface area (Å²) in [5.74, 6) is 0.839. The van der Waals surface area contributed by atoms with Crippen LogP contribution >= 0.6 is 0 Å². The molecule has 0 amide bonds. The van der Waals surface area contributed by atoms with Gasteiger partial charge >= 0.3 is 0 Å². The minimum Gasteiger partial charge on any atom is -0.303 e. The van der Waals surface area contributed by atoms with E-state index in [-0.39, 0.29) is 11.0 Å².